The molecule has 0 aliphatic rings. The number of rotatable bonds is 6. The van der Waals surface area contributed by atoms with E-state index in [0.29, 0.717) is 5.92 Å². The molecular weight excluding hydrogens is 172 g/mol. The van der Waals surface area contributed by atoms with Crippen molar-refractivity contribution >= 4 is 5.97 Å². The fourth-order valence-corrected chi connectivity index (χ4v) is 0.958. The monoisotopic (exact) mass is 188 g/mol. The van der Waals surface area contributed by atoms with Crippen LogP contribution < -0.4 is 0 Å². The maximum atomic E-state index is 10.4. The predicted molar refractivity (Wildman–Crippen MR) is 48.1 cm³/mol. The number of aliphatic carboxylic acids is 1. The Balaban J connectivity index is 4.10. The first-order valence-electron chi connectivity index (χ1n) is 4.13. The second kappa shape index (κ2) is 6.62. The van der Waals surface area contributed by atoms with Gasteiger partial charge in [0.05, 0.1) is 13.5 Å². The Hall–Kier alpha value is -0.870. The zero-order chi connectivity index (χ0) is 10.3. The molecule has 0 aromatic rings. The van der Waals surface area contributed by atoms with Gasteiger partial charge in [0.2, 0.25) is 0 Å². The first kappa shape index (κ1) is 12.1. The summed E-state index contributed by atoms with van der Waals surface area (Å²) < 4.78 is 0. The Bertz CT molecular complexity index is 184. The van der Waals surface area contributed by atoms with Crippen molar-refractivity contribution in [1.29, 1.82) is 0 Å². The largest absolute Gasteiger partial charge is 0.481 e. The minimum absolute atomic E-state index is 0.00153. The summed E-state index contributed by atoms with van der Waals surface area (Å²) in [5.41, 5.74) is 0.726. The number of carbonyl (C=O) groups is 1. The highest BCUT2D eigenvalue weighted by Crippen LogP contribution is 2.07. The van der Waals surface area contributed by atoms with E-state index in [0.717, 1.165) is 5.57 Å². The number of hydrogen-bond donors (Lipinski definition) is 1. The zero-order valence-corrected chi connectivity index (χ0v) is 8.24. The summed E-state index contributed by atoms with van der Waals surface area (Å²) in [6.45, 7) is 4.17. The molecule has 76 valence electrons. The first-order chi connectivity index (χ1) is 6.06. The van der Waals surface area contributed by atoms with Gasteiger partial charge in [-0.2, -0.15) is 0 Å². The van der Waals surface area contributed by atoms with Gasteiger partial charge >= 0.3 is 5.97 Å². The highest BCUT2D eigenvalue weighted by molar-refractivity contribution is 5.70. The molecule has 0 spiro atoms. The van der Waals surface area contributed by atoms with E-state index in [1.807, 2.05) is 19.9 Å². The lowest BCUT2D eigenvalue weighted by atomic mass is 10.1. The van der Waals surface area contributed by atoms with Crippen LogP contribution in [0, 0.1) is 5.92 Å². The standard InChI is InChI=1S/C9H16O4/c1-7(2)4-8(5-9(10)11)6-13-12-3/h4,7H,5-6H2,1-3H3,(H,10,11)/b8-4+. The van der Waals surface area contributed by atoms with Crippen LogP contribution in [0.25, 0.3) is 0 Å². The summed E-state index contributed by atoms with van der Waals surface area (Å²) >= 11 is 0. The van der Waals surface area contributed by atoms with E-state index in [4.69, 9.17) is 5.11 Å². The number of carboxylic acids is 1. The maximum absolute atomic E-state index is 10.4. The summed E-state index contributed by atoms with van der Waals surface area (Å²) in [7, 11) is 1.40. The average molecular weight is 188 g/mol. The molecule has 0 heterocycles. The normalized spacial score (nSPS) is 12.2. The van der Waals surface area contributed by atoms with Gasteiger partial charge in [-0.1, -0.05) is 19.9 Å². The molecule has 0 atom stereocenters. The zero-order valence-electron chi connectivity index (χ0n) is 8.24. The minimum Gasteiger partial charge on any atom is -0.481 e. The Morgan fingerprint density at radius 1 is 1.54 bits per heavy atom. The highest BCUT2D eigenvalue weighted by atomic mass is 17.2. The predicted octanol–water partition coefficient (Wildman–Crippen LogP) is 1.62. The molecule has 0 aromatic carbocycles. The van der Waals surface area contributed by atoms with Crippen molar-refractivity contribution < 1.29 is 19.7 Å². The first-order valence-corrected chi connectivity index (χ1v) is 4.13. The van der Waals surface area contributed by atoms with Crippen LogP contribution in [-0.2, 0) is 14.6 Å². The molecule has 0 bridgehead atoms. The molecule has 0 amide bonds. The van der Waals surface area contributed by atoms with Gasteiger partial charge in [0.15, 0.2) is 0 Å². The van der Waals surface area contributed by atoms with Gasteiger partial charge in [-0.25, -0.2) is 9.78 Å². The molecule has 0 aliphatic heterocycles. The quantitative estimate of drug-likeness (QED) is 0.391. The Kier molecular flexibility index (Phi) is 6.18. The van der Waals surface area contributed by atoms with Crippen LogP contribution in [0.5, 0.6) is 0 Å². The van der Waals surface area contributed by atoms with Crippen LogP contribution >= 0.6 is 0 Å². The molecule has 0 saturated carbocycles. The summed E-state index contributed by atoms with van der Waals surface area (Å²) in [5, 5.41) is 8.56. The van der Waals surface area contributed by atoms with Crippen LogP contribution in [0.3, 0.4) is 0 Å². The van der Waals surface area contributed by atoms with E-state index in [-0.39, 0.29) is 13.0 Å². The van der Waals surface area contributed by atoms with Gasteiger partial charge < -0.3 is 5.11 Å². The van der Waals surface area contributed by atoms with Gasteiger partial charge in [-0.05, 0) is 11.5 Å². The lowest BCUT2D eigenvalue weighted by Gasteiger charge is -2.05. The van der Waals surface area contributed by atoms with Gasteiger partial charge in [0.1, 0.15) is 6.61 Å². The summed E-state index contributed by atoms with van der Waals surface area (Å²) in [6, 6.07) is 0. The maximum Gasteiger partial charge on any atom is 0.307 e. The van der Waals surface area contributed by atoms with Gasteiger partial charge in [-0.3, -0.25) is 4.79 Å². The van der Waals surface area contributed by atoms with Crippen molar-refractivity contribution in [2.75, 3.05) is 13.7 Å². The molecule has 0 saturated heterocycles. The molecular formula is C9H16O4. The SMILES string of the molecule is COOC/C(=C/C(C)C)CC(=O)O. The molecule has 0 fully saturated rings. The van der Waals surface area contributed by atoms with E-state index in [1.165, 1.54) is 7.11 Å². The minimum atomic E-state index is -0.855. The van der Waals surface area contributed by atoms with Crippen molar-refractivity contribution in [2.24, 2.45) is 5.92 Å². The third kappa shape index (κ3) is 7.49. The molecule has 13 heavy (non-hydrogen) atoms. The van der Waals surface area contributed by atoms with Crippen molar-refractivity contribution in [3.63, 3.8) is 0 Å². The van der Waals surface area contributed by atoms with E-state index < -0.39 is 5.97 Å². The van der Waals surface area contributed by atoms with Gasteiger partial charge in [-0.15, -0.1) is 0 Å². The van der Waals surface area contributed by atoms with Crippen LogP contribution in [0.4, 0.5) is 0 Å². The van der Waals surface area contributed by atoms with Crippen molar-refractivity contribution in [2.45, 2.75) is 20.3 Å². The second-order valence-corrected chi connectivity index (χ2v) is 3.07. The fourth-order valence-electron chi connectivity index (χ4n) is 0.958. The molecule has 0 radical (unpaired) electrons. The number of allylic oxidation sites excluding steroid dienone is 1. The Labute approximate surface area is 78.1 Å². The van der Waals surface area contributed by atoms with Crippen molar-refractivity contribution in [3.05, 3.63) is 11.6 Å². The fraction of sp³-hybridized carbons (Fsp3) is 0.667. The lowest BCUT2D eigenvalue weighted by molar-refractivity contribution is -0.265. The van der Waals surface area contributed by atoms with Crippen molar-refractivity contribution in [1.82, 2.24) is 0 Å². The van der Waals surface area contributed by atoms with Gasteiger partial charge in [0.25, 0.3) is 0 Å². The Morgan fingerprint density at radius 3 is 2.54 bits per heavy atom. The molecule has 4 heteroatoms. The number of carboxylic acid groups (broad SMARTS) is 1. The van der Waals surface area contributed by atoms with Crippen LogP contribution in [-0.4, -0.2) is 24.8 Å². The molecule has 1 N–H and O–H groups in total. The van der Waals surface area contributed by atoms with E-state index in [1.54, 1.807) is 0 Å². The summed E-state index contributed by atoms with van der Waals surface area (Å²) in [4.78, 5) is 19.5. The van der Waals surface area contributed by atoms with Crippen molar-refractivity contribution in [3.8, 4) is 0 Å². The van der Waals surface area contributed by atoms with E-state index in [2.05, 4.69) is 9.78 Å². The van der Waals surface area contributed by atoms with Gasteiger partial charge in [0, 0.05) is 0 Å². The summed E-state index contributed by atoms with van der Waals surface area (Å²) in [5.74, 6) is -0.540. The highest BCUT2D eigenvalue weighted by Gasteiger charge is 2.05. The Morgan fingerprint density at radius 2 is 2.15 bits per heavy atom. The molecule has 0 unspecified atom stereocenters. The third-order valence-electron chi connectivity index (χ3n) is 1.31. The topological polar surface area (TPSA) is 55.8 Å². The summed E-state index contributed by atoms with van der Waals surface area (Å²) in [6.07, 6.45) is 1.87. The molecule has 0 aromatic heterocycles. The van der Waals surface area contributed by atoms with Crippen LogP contribution in [0.2, 0.25) is 0 Å². The number of hydrogen-bond acceptors (Lipinski definition) is 3. The molecule has 0 rings (SSSR count). The van der Waals surface area contributed by atoms with Crippen LogP contribution in [0.15, 0.2) is 11.6 Å². The molecule has 0 aliphatic carbocycles. The average Bonchev–Trinajstić information content (AvgIpc) is 1.98. The van der Waals surface area contributed by atoms with Crippen LogP contribution in [0.1, 0.15) is 20.3 Å². The van der Waals surface area contributed by atoms with E-state index >= 15 is 0 Å². The molecule has 4 nitrogen and oxygen atoms in total. The smallest absolute Gasteiger partial charge is 0.307 e. The lowest BCUT2D eigenvalue weighted by Crippen LogP contribution is -2.05. The van der Waals surface area contributed by atoms with E-state index in [9.17, 15) is 4.79 Å². The third-order valence-corrected chi connectivity index (χ3v) is 1.31. The second-order valence-electron chi connectivity index (χ2n) is 3.07.